The Labute approximate surface area is 107 Å². The summed E-state index contributed by atoms with van der Waals surface area (Å²) in [5.74, 6) is -0.478. The smallest absolute Gasteiger partial charge is 0.250 e. The molecule has 2 amide bonds. The van der Waals surface area contributed by atoms with Crippen molar-refractivity contribution < 1.29 is 9.59 Å². The number of carbonyl (C=O) groups is 2. The lowest BCUT2D eigenvalue weighted by molar-refractivity contribution is -0.131. The van der Waals surface area contributed by atoms with Crippen molar-refractivity contribution >= 4 is 11.8 Å². The molecule has 0 saturated heterocycles. The van der Waals surface area contributed by atoms with E-state index in [-0.39, 0.29) is 11.8 Å². The van der Waals surface area contributed by atoms with Crippen LogP contribution in [0.3, 0.4) is 0 Å². The molecule has 18 heavy (non-hydrogen) atoms. The zero-order chi connectivity index (χ0) is 13.6. The van der Waals surface area contributed by atoms with Crippen molar-refractivity contribution in [3.05, 3.63) is 30.1 Å². The zero-order valence-electron chi connectivity index (χ0n) is 11.0. The van der Waals surface area contributed by atoms with Crippen LogP contribution in [0, 0.1) is 0 Å². The standard InChI is InChI=1S/C13H19N3O2/c1-4-7-11(17)15-16-12(18)13(2,3)10-8-5-6-9-14-10/h5-6,8-9H,4,7H2,1-3H3,(H,15,17)(H,16,18). The topological polar surface area (TPSA) is 71.1 Å². The van der Waals surface area contributed by atoms with E-state index in [2.05, 4.69) is 15.8 Å². The van der Waals surface area contributed by atoms with Crippen LogP contribution in [-0.4, -0.2) is 16.8 Å². The van der Waals surface area contributed by atoms with Crippen LogP contribution < -0.4 is 10.9 Å². The third-order valence-electron chi connectivity index (χ3n) is 2.67. The van der Waals surface area contributed by atoms with E-state index in [0.29, 0.717) is 12.1 Å². The Morgan fingerprint density at radius 2 is 2.00 bits per heavy atom. The Hall–Kier alpha value is -1.91. The minimum Gasteiger partial charge on any atom is -0.273 e. The summed E-state index contributed by atoms with van der Waals surface area (Å²) in [6.07, 6.45) is 2.77. The first-order valence-electron chi connectivity index (χ1n) is 5.99. The summed E-state index contributed by atoms with van der Waals surface area (Å²) in [6, 6.07) is 5.40. The molecule has 2 N–H and O–H groups in total. The summed E-state index contributed by atoms with van der Waals surface area (Å²) < 4.78 is 0. The van der Waals surface area contributed by atoms with E-state index in [1.54, 1.807) is 32.2 Å². The molecule has 0 fully saturated rings. The molecule has 0 spiro atoms. The summed E-state index contributed by atoms with van der Waals surface area (Å²) in [6.45, 7) is 5.42. The molecular weight excluding hydrogens is 230 g/mol. The number of hydrogen-bond donors (Lipinski definition) is 2. The lowest BCUT2D eigenvalue weighted by Gasteiger charge is -2.22. The van der Waals surface area contributed by atoms with Gasteiger partial charge in [-0.15, -0.1) is 0 Å². The lowest BCUT2D eigenvalue weighted by Crippen LogP contribution is -2.49. The number of pyridine rings is 1. The number of rotatable bonds is 4. The van der Waals surface area contributed by atoms with Crippen LogP contribution in [-0.2, 0) is 15.0 Å². The Morgan fingerprint density at radius 3 is 2.56 bits per heavy atom. The molecule has 1 aromatic rings. The van der Waals surface area contributed by atoms with Crippen LogP contribution in [0.15, 0.2) is 24.4 Å². The summed E-state index contributed by atoms with van der Waals surface area (Å²) in [5.41, 5.74) is 4.69. The van der Waals surface area contributed by atoms with Gasteiger partial charge in [-0.1, -0.05) is 13.0 Å². The molecule has 1 aromatic heterocycles. The largest absolute Gasteiger partial charge is 0.273 e. The fraction of sp³-hybridized carbons (Fsp3) is 0.462. The summed E-state index contributed by atoms with van der Waals surface area (Å²) in [7, 11) is 0. The third-order valence-corrected chi connectivity index (χ3v) is 2.67. The quantitative estimate of drug-likeness (QED) is 0.790. The molecule has 0 atom stereocenters. The number of nitrogens with one attached hydrogen (secondary N) is 2. The predicted molar refractivity (Wildman–Crippen MR) is 68.5 cm³/mol. The van der Waals surface area contributed by atoms with E-state index in [1.807, 2.05) is 13.0 Å². The maximum atomic E-state index is 12.0. The molecule has 1 heterocycles. The molecule has 0 aromatic carbocycles. The Balaban J connectivity index is 2.63. The Bertz CT molecular complexity index is 416. The van der Waals surface area contributed by atoms with Crippen molar-refractivity contribution in [2.75, 3.05) is 0 Å². The SMILES string of the molecule is CCCC(=O)NNC(=O)C(C)(C)c1ccccn1. The second-order valence-corrected chi connectivity index (χ2v) is 4.59. The molecule has 98 valence electrons. The lowest BCUT2D eigenvalue weighted by atomic mass is 9.88. The summed E-state index contributed by atoms with van der Waals surface area (Å²) >= 11 is 0. The van der Waals surface area contributed by atoms with Gasteiger partial charge in [-0.2, -0.15) is 0 Å². The average molecular weight is 249 g/mol. The fourth-order valence-electron chi connectivity index (χ4n) is 1.42. The molecule has 5 heteroatoms. The first-order valence-corrected chi connectivity index (χ1v) is 5.99. The van der Waals surface area contributed by atoms with E-state index >= 15 is 0 Å². The zero-order valence-corrected chi connectivity index (χ0v) is 11.0. The van der Waals surface area contributed by atoms with Gasteiger partial charge in [0.2, 0.25) is 11.8 Å². The van der Waals surface area contributed by atoms with Crippen molar-refractivity contribution in [2.24, 2.45) is 0 Å². The number of carbonyl (C=O) groups excluding carboxylic acids is 2. The maximum Gasteiger partial charge on any atom is 0.250 e. The number of amides is 2. The monoisotopic (exact) mass is 249 g/mol. The Kier molecular flexibility index (Phi) is 4.83. The average Bonchev–Trinajstić information content (AvgIpc) is 2.37. The van der Waals surface area contributed by atoms with Gasteiger partial charge < -0.3 is 0 Å². The molecule has 1 rings (SSSR count). The maximum absolute atomic E-state index is 12.0. The van der Waals surface area contributed by atoms with E-state index < -0.39 is 5.41 Å². The molecule has 0 saturated carbocycles. The molecule has 0 aliphatic rings. The van der Waals surface area contributed by atoms with Crippen molar-refractivity contribution in [3.8, 4) is 0 Å². The normalized spacial score (nSPS) is 10.8. The minimum absolute atomic E-state index is 0.192. The molecule has 0 bridgehead atoms. The van der Waals surface area contributed by atoms with E-state index in [9.17, 15) is 9.59 Å². The van der Waals surface area contributed by atoms with Gasteiger partial charge in [0.1, 0.15) is 0 Å². The highest BCUT2D eigenvalue weighted by atomic mass is 16.2. The number of hydrazine groups is 1. The first-order chi connectivity index (χ1) is 8.48. The van der Waals surface area contributed by atoms with Gasteiger partial charge >= 0.3 is 0 Å². The second kappa shape index (κ2) is 6.14. The van der Waals surface area contributed by atoms with E-state index in [4.69, 9.17) is 0 Å². The minimum atomic E-state index is -0.791. The fourth-order valence-corrected chi connectivity index (χ4v) is 1.42. The van der Waals surface area contributed by atoms with Crippen LogP contribution in [0.4, 0.5) is 0 Å². The highest BCUT2D eigenvalue weighted by Crippen LogP contribution is 2.20. The predicted octanol–water partition coefficient (Wildman–Crippen LogP) is 1.31. The summed E-state index contributed by atoms with van der Waals surface area (Å²) in [4.78, 5) is 27.4. The Morgan fingerprint density at radius 1 is 1.28 bits per heavy atom. The van der Waals surface area contributed by atoms with Crippen LogP contribution in [0.1, 0.15) is 39.3 Å². The van der Waals surface area contributed by atoms with E-state index in [0.717, 1.165) is 6.42 Å². The van der Waals surface area contributed by atoms with Crippen molar-refractivity contribution in [3.63, 3.8) is 0 Å². The van der Waals surface area contributed by atoms with E-state index in [1.165, 1.54) is 0 Å². The van der Waals surface area contributed by atoms with Crippen molar-refractivity contribution in [2.45, 2.75) is 39.0 Å². The number of nitrogens with zero attached hydrogens (tertiary/aromatic N) is 1. The van der Waals surface area contributed by atoms with Gasteiger partial charge in [-0.25, -0.2) is 0 Å². The highest BCUT2D eigenvalue weighted by Gasteiger charge is 2.31. The van der Waals surface area contributed by atoms with Crippen molar-refractivity contribution in [1.29, 1.82) is 0 Å². The molecule has 0 aliphatic carbocycles. The highest BCUT2D eigenvalue weighted by molar-refractivity contribution is 5.88. The van der Waals surface area contributed by atoms with Gasteiger partial charge in [0, 0.05) is 12.6 Å². The van der Waals surface area contributed by atoms with Gasteiger partial charge in [0.25, 0.3) is 0 Å². The van der Waals surface area contributed by atoms with Gasteiger partial charge in [-0.3, -0.25) is 25.4 Å². The van der Waals surface area contributed by atoms with Crippen LogP contribution >= 0.6 is 0 Å². The second-order valence-electron chi connectivity index (χ2n) is 4.59. The van der Waals surface area contributed by atoms with Gasteiger partial charge in [-0.05, 0) is 32.4 Å². The molecule has 0 unspecified atom stereocenters. The molecule has 0 aliphatic heterocycles. The van der Waals surface area contributed by atoms with Crippen molar-refractivity contribution in [1.82, 2.24) is 15.8 Å². The molecule has 5 nitrogen and oxygen atoms in total. The number of aromatic nitrogens is 1. The van der Waals surface area contributed by atoms with Crippen LogP contribution in [0.2, 0.25) is 0 Å². The first kappa shape index (κ1) is 14.2. The van der Waals surface area contributed by atoms with Gasteiger partial charge in [0.15, 0.2) is 0 Å². The molecule has 0 radical (unpaired) electrons. The van der Waals surface area contributed by atoms with Crippen LogP contribution in [0.25, 0.3) is 0 Å². The summed E-state index contributed by atoms with van der Waals surface area (Å²) in [5, 5.41) is 0. The van der Waals surface area contributed by atoms with Gasteiger partial charge in [0.05, 0.1) is 11.1 Å². The number of hydrogen-bond acceptors (Lipinski definition) is 3. The third kappa shape index (κ3) is 3.55. The molecular formula is C13H19N3O2. The van der Waals surface area contributed by atoms with Crippen LogP contribution in [0.5, 0.6) is 0 Å².